The maximum absolute atomic E-state index is 11.8. The summed E-state index contributed by atoms with van der Waals surface area (Å²) in [5.41, 5.74) is 6.80. The van der Waals surface area contributed by atoms with Crippen molar-refractivity contribution in [2.24, 2.45) is 5.73 Å². The molecule has 0 aromatic heterocycles. The first-order chi connectivity index (χ1) is 10.1. The normalized spacial score (nSPS) is 16.9. The van der Waals surface area contributed by atoms with Crippen molar-refractivity contribution in [3.63, 3.8) is 0 Å². The number of nitrogens with zero attached hydrogens (tertiary/aromatic N) is 1. The summed E-state index contributed by atoms with van der Waals surface area (Å²) in [6, 6.07) is 7.61. The second-order valence-corrected chi connectivity index (χ2v) is 7.36. The lowest BCUT2D eigenvalue weighted by molar-refractivity contribution is 0.416. The summed E-state index contributed by atoms with van der Waals surface area (Å²) in [7, 11) is -1.95. The van der Waals surface area contributed by atoms with Gasteiger partial charge in [-0.25, -0.2) is 13.1 Å². The zero-order valence-electron chi connectivity index (χ0n) is 12.6. The number of nitrogens with two attached hydrogens (primary N) is 1. The van der Waals surface area contributed by atoms with Gasteiger partial charge in [0.15, 0.2) is 0 Å². The average Bonchev–Trinajstić information content (AvgIpc) is 2.53. The highest BCUT2D eigenvalue weighted by Gasteiger charge is 2.21. The summed E-state index contributed by atoms with van der Waals surface area (Å²) in [6.45, 7) is 1.41. The molecule has 118 valence electrons. The van der Waals surface area contributed by atoms with Crippen LogP contribution in [0.4, 0.5) is 5.69 Å². The standard InChI is InChI=1S/C15H25N3O2S/c1-17-21(19,20)15-9-7-14(8-10-15)18(12-11-16)13-5-3-2-4-6-13/h7-10,13,17H,2-6,11-12,16H2,1H3. The van der Waals surface area contributed by atoms with Crippen molar-refractivity contribution in [1.29, 1.82) is 0 Å². The topological polar surface area (TPSA) is 75.4 Å². The first-order valence-electron chi connectivity index (χ1n) is 7.59. The van der Waals surface area contributed by atoms with E-state index in [0.717, 1.165) is 12.2 Å². The van der Waals surface area contributed by atoms with Crippen LogP contribution in [0, 0.1) is 0 Å². The van der Waals surface area contributed by atoms with Gasteiger partial charge in [0, 0.05) is 24.8 Å². The summed E-state index contributed by atoms with van der Waals surface area (Å²) in [5, 5.41) is 0. The molecular formula is C15H25N3O2S. The Kier molecular flexibility index (Phi) is 5.61. The molecule has 3 N–H and O–H groups in total. The van der Waals surface area contributed by atoms with Crippen LogP contribution >= 0.6 is 0 Å². The highest BCUT2D eigenvalue weighted by molar-refractivity contribution is 7.89. The Hall–Kier alpha value is -1.11. The SMILES string of the molecule is CNS(=O)(=O)c1ccc(N(CCN)C2CCCCC2)cc1. The zero-order chi connectivity index (χ0) is 15.3. The van der Waals surface area contributed by atoms with E-state index in [1.807, 2.05) is 12.1 Å². The summed E-state index contributed by atoms with van der Waals surface area (Å²) >= 11 is 0. The minimum atomic E-state index is -3.37. The first kappa shape index (κ1) is 16.3. The van der Waals surface area contributed by atoms with Crippen molar-refractivity contribution in [2.75, 3.05) is 25.0 Å². The number of hydrogen-bond donors (Lipinski definition) is 2. The minimum Gasteiger partial charge on any atom is -0.367 e. The third-order valence-corrected chi connectivity index (χ3v) is 5.56. The van der Waals surface area contributed by atoms with E-state index in [4.69, 9.17) is 5.73 Å². The Morgan fingerprint density at radius 1 is 1.19 bits per heavy atom. The molecule has 1 aromatic rings. The van der Waals surface area contributed by atoms with Crippen LogP contribution in [0.15, 0.2) is 29.2 Å². The third kappa shape index (κ3) is 3.96. The van der Waals surface area contributed by atoms with Crippen LogP contribution in [0.3, 0.4) is 0 Å². The summed E-state index contributed by atoms with van der Waals surface area (Å²) in [6.07, 6.45) is 6.22. The van der Waals surface area contributed by atoms with Crippen LogP contribution in [0.2, 0.25) is 0 Å². The smallest absolute Gasteiger partial charge is 0.240 e. The van der Waals surface area contributed by atoms with Gasteiger partial charge in [-0.15, -0.1) is 0 Å². The molecule has 0 amide bonds. The summed E-state index contributed by atoms with van der Waals surface area (Å²) in [5.74, 6) is 0. The molecule has 1 fully saturated rings. The first-order valence-corrected chi connectivity index (χ1v) is 9.07. The fraction of sp³-hybridized carbons (Fsp3) is 0.600. The molecule has 1 aliphatic rings. The molecule has 5 nitrogen and oxygen atoms in total. The van der Waals surface area contributed by atoms with E-state index in [-0.39, 0.29) is 0 Å². The van der Waals surface area contributed by atoms with Gasteiger partial charge in [-0.3, -0.25) is 0 Å². The molecule has 0 spiro atoms. The maximum atomic E-state index is 11.8. The van der Waals surface area contributed by atoms with E-state index in [1.165, 1.54) is 39.2 Å². The fourth-order valence-electron chi connectivity index (χ4n) is 2.99. The second kappa shape index (κ2) is 7.24. The molecule has 2 rings (SSSR count). The van der Waals surface area contributed by atoms with Gasteiger partial charge in [0.25, 0.3) is 0 Å². The number of hydrogen-bond acceptors (Lipinski definition) is 4. The minimum absolute atomic E-state index is 0.296. The molecule has 1 saturated carbocycles. The van der Waals surface area contributed by atoms with Gasteiger partial charge in [-0.2, -0.15) is 0 Å². The monoisotopic (exact) mass is 311 g/mol. The van der Waals surface area contributed by atoms with E-state index in [2.05, 4.69) is 9.62 Å². The molecule has 0 atom stereocenters. The van der Waals surface area contributed by atoms with Crippen molar-refractivity contribution < 1.29 is 8.42 Å². The summed E-state index contributed by atoms with van der Waals surface area (Å²) < 4.78 is 25.9. The van der Waals surface area contributed by atoms with Gasteiger partial charge in [-0.1, -0.05) is 19.3 Å². The predicted octanol–water partition coefficient (Wildman–Crippen LogP) is 1.69. The molecule has 1 aliphatic carbocycles. The molecular weight excluding hydrogens is 286 g/mol. The van der Waals surface area contributed by atoms with E-state index < -0.39 is 10.0 Å². The highest BCUT2D eigenvalue weighted by Crippen LogP contribution is 2.27. The van der Waals surface area contributed by atoms with Crippen LogP contribution < -0.4 is 15.4 Å². The van der Waals surface area contributed by atoms with Crippen LogP contribution in [-0.2, 0) is 10.0 Å². The number of rotatable bonds is 6. The van der Waals surface area contributed by atoms with Gasteiger partial charge in [0.2, 0.25) is 10.0 Å². The Morgan fingerprint density at radius 2 is 1.81 bits per heavy atom. The van der Waals surface area contributed by atoms with Crippen LogP contribution in [0.1, 0.15) is 32.1 Å². The van der Waals surface area contributed by atoms with Crippen molar-refractivity contribution in [3.8, 4) is 0 Å². The third-order valence-electron chi connectivity index (χ3n) is 4.13. The molecule has 0 heterocycles. The van der Waals surface area contributed by atoms with E-state index in [0.29, 0.717) is 17.5 Å². The number of anilines is 1. The Bertz CT molecular complexity index is 537. The molecule has 0 aliphatic heterocycles. The maximum Gasteiger partial charge on any atom is 0.240 e. The molecule has 0 radical (unpaired) electrons. The average molecular weight is 311 g/mol. The van der Waals surface area contributed by atoms with Crippen molar-refractivity contribution in [1.82, 2.24) is 4.72 Å². The second-order valence-electron chi connectivity index (χ2n) is 5.48. The van der Waals surface area contributed by atoms with Crippen LogP contribution in [0.25, 0.3) is 0 Å². The van der Waals surface area contributed by atoms with Crippen molar-refractivity contribution in [2.45, 2.75) is 43.0 Å². The van der Waals surface area contributed by atoms with Gasteiger partial charge in [-0.05, 0) is 44.2 Å². The number of nitrogens with one attached hydrogen (secondary N) is 1. The van der Waals surface area contributed by atoms with Gasteiger partial charge >= 0.3 is 0 Å². The van der Waals surface area contributed by atoms with E-state index >= 15 is 0 Å². The lowest BCUT2D eigenvalue weighted by Gasteiger charge is -2.36. The molecule has 6 heteroatoms. The molecule has 0 unspecified atom stereocenters. The quantitative estimate of drug-likeness (QED) is 0.838. The number of sulfonamides is 1. The predicted molar refractivity (Wildman–Crippen MR) is 86.0 cm³/mol. The lowest BCUT2D eigenvalue weighted by atomic mass is 9.93. The van der Waals surface area contributed by atoms with Crippen LogP contribution in [0.5, 0.6) is 0 Å². The largest absolute Gasteiger partial charge is 0.367 e. The summed E-state index contributed by atoms with van der Waals surface area (Å²) in [4.78, 5) is 2.62. The van der Waals surface area contributed by atoms with Gasteiger partial charge < -0.3 is 10.6 Å². The van der Waals surface area contributed by atoms with Crippen LogP contribution in [-0.4, -0.2) is 34.6 Å². The molecule has 0 bridgehead atoms. The van der Waals surface area contributed by atoms with E-state index in [9.17, 15) is 8.42 Å². The fourth-order valence-corrected chi connectivity index (χ4v) is 3.72. The zero-order valence-corrected chi connectivity index (χ0v) is 13.4. The van der Waals surface area contributed by atoms with Gasteiger partial charge in [0.05, 0.1) is 4.90 Å². The van der Waals surface area contributed by atoms with Crippen molar-refractivity contribution >= 4 is 15.7 Å². The highest BCUT2D eigenvalue weighted by atomic mass is 32.2. The lowest BCUT2D eigenvalue weighted by Crippen LogP contribution is -2.40. The Labute approximate surface area is 127 Å². The van der Waals surface area contributed by atoms with E-state index in [1.54, 1.807) is 12.1 Å². The molecule has 0 saturated heterocycles. The molecule has 21 heavy (non-hydrogen) atoms. The Morgan fingerprint density at radius 3 is 2.33 bits per heavy atom. The number of benzene rings is 1. The Balaban J connectivity index is 2.20. The molecule has 1 aromatic carbocycles. The van der Waals surface area contributed by atoms with Crippen molar-refractivity contribution in [3.05, 3.63) is 24.3 Å². The van der Waals surface area contributed by atoms with Gasteiger partial charge in [0.1, 0.15) is 0 Å².